The summed E-state index contributed by atoms with van der Waals surface area (Å²) in [6.07, 6.45) is 3.39. The van der Waals surface area contributed by atoms with Gasteiger partial charge in [-0.3, -0.25) is 0 Å². The van der Waals surface area contributed by atoms with Crippen LogP contribution in [0.1, 0.15) is 5.56 Å². The summed E-state index contributed by atoms with van der Waals surface area (Å²) in [5.41, 5.74) is 6.27. The van der Waals surface area contributed by atoms with Crippen LogP contribution in [0.4, 0.5) is 0 Å². The third-order valence-corrected chi connectivity index (χ3v) is 2.68. The van der Waals surface area contributed by atoms with E-state index in [1.165, 1.54) is 11.8 Å². The highest BCUT2D eigenvalue weighted by atomic mass is 79.9. The molecule has 0 atom stereocenters. The fraction of sp³-hybridized carbons (Fsp3) is 0.111. The van der Waals surface area contributed by atoms with E-state index in [1.54, 1.807) is 24.4 Å². The first-order valence-corrected chi connectivity index (χ1v) is 6.04. The lowest BCUT2D eigenvalue weighted by atomic mass is 10.2. The normalized spacial score (nSPS) is 12.3. The first kappa shape index (κ1) is 12.1. The number of rotatable bonds is 2. The molecular formula is C9H10BrN3OS. The van der Waals surface area contributed by atoms with Crippen LogP contribution in [0.5, 0.6) is 5.75 Å². The summed E-state index contributed by atoms with van der Waals surface area (Å²) < 4.78 is 0.619. The van der Waals surface area contributed by atoms with Crippen molar-refractivity contribution < 1.29 is 5.11 Å². The van der Waals surface area contributed by atoms with E-state index in [-0.39, 0.29) is 5.75 Å². The number of amidine groups is 1. The molecule has 1 aromatic carbocycles. The lowest BCUT2D eigenvalue weighted by molar-refractivity contribution is 0.472. The molecule has 4 nitrogen and oxygen atoms in total. The van der Waals surface area contributed by atoms with Gasteiger partial charge in [-0.1, -0.05) is 11.8 Å². The smallest absolute Gasteiger partial charge is 0.180 e. The van der Waals surface area contributed by atoms with Crippen molar-refractivity contribution in [3.8, 4) is 5.75 Å². The molecule has 15 heavy (non-hydrogen) atoms. The number of thioether (sulfide) groups is 1. The highest BCUT2D eigenvalue weighted by Crippen LogP contribution is 2.23. The molecule has 0 saturated carbocycles. The molecule has 0 heterocycles. The molecule has 6 heteroatoms. The van der Waals surface area contributed by atoms with Gasteiger partial charge < -0.3 is 10.8 Å². The van der Waals surface area contributed by atoms with E-state index in [9.17, 15) is 5.11 Å². The molecule has 0 amide bonds. The van der Waals surface area contributed by atoms with Crippen molar-refractivity contribution in [3.05, 3.63) is 28.2 Å². The zero-order chi connectivity index (χ0) is 11.3. The van der Waals surface area contributed by atoms with Gasteiger partial charge in [0.2, 0.25) is 0 Å². The Kier molecular flexibility index (Phi) is 4.64. The maximum Gasteiger partial charge on any atom is 0.180 e. The second kappa shape index (κ2) is 5.77. The molecule has 3 N–H and O–H groups in total. The summed E-state index contributed by atoms with van der Waals surface area (Å²) in [5.74, 6) is 0.194. The van der Waals surface area contributed by atoms with E-state index >= 15 is 0 Å². The predicted molar refractivity (Wildman–Crippen MR) is 68.5 cm³/mol. The molecule has 0 aromatic heterocycles. The van der Waals surface area contributed by atoms with Crippen LogP contribution in [0.2, 0.25) is 0 Å². The second-order valence-electron chi connectivity index (χ2n) is 2.60. The van der Waals surface area contributed by atoms with Crippen molar-refractivity contribution >= 4 is 39.1 Å². The fourth-order valence-corrected chi connectivity index (χ4v) is 1.32. The lowest BCUT2D eigenvalue weighted by Crippen LogP contribution is -2.03. The molecule has 0 aliphatic rings. The van der Waals surface area contributed by atoms with E-state index in [2.05, 4.69) is 26.1 Å². The van der Waals surface area contributed by atoms with Crippen molar-refractivity contribution in [2.45, 2.75) is 0 Å². The molecule has 0 fully saturated rings. The van der Waals surface area contributed by atoms with E-state index in [0.717, 1.165) is 5.56 Å². The van der Waals surface area contributed by atoms with E-state index in [1.807, 2.05) is 6.26 Å². The maximum atomic E-state index is 9.25. The number of halogens is 1. The SMILES string of the molecule is CS/C(N)=N/N=C\c1ccc(O)c(Br)c1. The largest absolute Gasteiger partial charge is 0.507 e. The first-order valence-electron chi connectivity index (χ1n) is 4.02. The Balaban J connectivity index is 2.77. The average molecular weight is 288 g/mol. The summed E-state index contributed by atoms with van der Waals surface area (Å²) in [6, 6.07) is 5.05. The quantitative estimate of drug-likeness (QED) is 0.497. The minimum absolute atomic E-state index is 0.194. The van der Waals surface area contributed by atoms with Crippen LogP contribution in [0, 0.1) is 0 Å². The van der Waals surface area contributed by atoms with Crippen LogP contribution in [0.25, 0.3) is 0 Å². The van der Waals surface area contributed by atoms with Gasteiger partial charge in [0.15, 0.2) is 5.17 Å². The van der Waals surface area contributed by atoms with Gasteiger partial charge in [-0.25, -0.2) is 0 Å². The average Bonchev–Trinajstić information content (AvgIpc) is 2.23. The number of nitrogens with zero attached hydrogens (tertiary/aromatic N) is 2. The minimum atomic E-state index is 0.194. The zero-order valence-corrected chi connectivity index (χ0v) is 10.4. The lowest BCUT2D eigenvalue weighted by Gasteiger charge is -1.96. The molecule has 0 aliphatic heterocycles. The number of phenolic OH excluding ortho intramolecular Hbond substituents is 1. The molecule has 1 rings (SSSR count). The molecule has 0 spiro atoms. The molecule has 0 aliphatic carbocycles. The summed E-state index contributed by atoms with van der Waals surface area (Å²) in [5, 5.41) is 17.2. The van der Waals surface area contributed by atoms with E-state index < -0.39 is 0 Å². The molecule has 0 radical (unpaired) electrons. The fourth-order valence-electron chi connectivity index (χ4n) is 0.797. The van der Waals surface area contributed by atoms with Gasteiger partial charge in [-0.05, 0) is 45.9 Å². The molecule has 0 unspecified atom stereocenters. The number of hydrogen-bond acceptors (Lipinski definition) is 4. The van der Waals surface area contributed by atoms with E-state index in [4.69, 9.17) is 5.73 Å². The minimum Gasteiger partial charge on any atom is -0.507 e. The Labute approximate surface area is 100 Å². The Morgan fingerprint density at radius 1 is 1.60 bits per heavy atom. The molecule has 0 bridgehead atoms. The monoisotopic (exact) mass is 287 g/mol. The van der Waals surface area contributed by atoms with Gasteiger partial charge >= 0.3 is 0 Å². The van der Waals surface area contributed by atoms with Crippen molar-refractivity contribution in [2.24, 2.45) is 15.9 Å². The highest BCUT2D eigenvalue weighted by Gasteiger charge is 1.96. The Hall–Kier alpha value is -1.01. The van der Waals surface area contributed by atoms with Gasteiger partial charge in [-0.2, -0.15) is 5.10 Å². The van der Waals surface area contributed by atoms with Crippen LogP contribution in [-0.4, -0.2) is 22.7 Å². The van der Waals surface area contributed by atoms with Crippen LogP contribution >= 0.6 is 27.7 Å². The third-order valence-electron chi connectivity index (χ3n) is 1.54. The molecule has 1 aromatic rings. The van der Waals surface area contributed by atoms with Crippen LogP contribution in [0.15, 0.2) is 32.9 Å². The van der Waals surface area contributed by atoms with Crippen molar-refractivity contribution in [2.75, 3.05) is 6.26 Å². The van der Waals surface area contributed by atoms with Crippen molar-refractivity contribution in [1.82, 2.24) is 0 Å². The summed E-state index contributed by atoms with van der Waals surface area (Å²) in [4.78, 5) is 0. The Morgan fingerprint density at radius 3 is 2.93 bits per heavy atom. The Bertz CT molecular complexity index is 406. The van der Waals surface area contributed by atoms with Crippen LogP contribution in [0.3, 0.4) is 0 Å². The van der Waals surface area contributed by atoms with Crippen molar-refractivity contribution in [1.29, 1.82) is 0 Å². The Morgan fingerprint density at radius 2 is 2.33 bits per heavy atom. The van der Waals surface area contributed by atoms with Gasteiger partial charge in [0.05, 0.1) is 10.7 Å². The summed E-state index contributed by atoms with van der Waals surface area (Å²) in [6.45, 7) is 0. The van der Waals surface area contributed by atoms with Crippen LogP contribution in [-0.2, 0) is 0 Å². The number of hydrogen-bond donors (Lipinski definition) is 2. The standard InChI is InChI=1S/C9H10BrN3OS/c1-15-9(11)13-12-5-6-2-3-8(14)7(10)4-6/h2-5,14H,1H3,(H2,11,13)/b12-5-. The van der Waals surface area contributed by atoms with E-state index in [0.29, 0.717) is 9.64 Å². The number of benzene rings is 1. The third kappa shape index (κ3) is 3.93. The highest BCUT2D eigenvalue weighted by molar-refractivity contribution is 9.10. The first-order chi connectivity index (χ1) is 7.13. The zero-order valence-electron chi connectivity index (χ0n) is 8.01. The van der Waals surface area contributed by atoms with Crippen molar-refractivity contribution in [3.63, 3.8) is 0 Å². The van der Waals surface area contributed by atoms with Gasteiger partial charge in [-0.15, -0.1) is 5.10 Å². The van der Waals surface area contributed by atoms with Gasteiger partial charge in [0.1, 0.15) is 5.75 Å². The summed E-state index contributed by atoms with van der Waals surface area (Å²) in [7, 11) is 0. The van der Waals surface area contributed by atoms with Crippen LogP contribution < -0.4 is 5.73 Å². The molecular weight excluding hydrogens is 278 g/mol. The van der Waals surface area contributed by atoms with Gasteiger partial charge in [0.25, 0.3) is 0 Å². The molecule has 80 valence electrons. The second-order valence-corrected chi connectivity index (χ2v) is 4.28. The molecule has 0 saturated heterocycles. The summed E-state index contributed by atoms with van der Waals surface area (Å²) >= 11 is 4.53. The van der Waals surface area contributed by atoms with Gasteiger partial charge in [0, 0.05) is 0 Å². The predicted octanol–water partition coefficient (Wildman–Crippen LogP) is 2.17. The number of aromatic hydroxyl groups is 1. The topological polar surface area (TPSA) is 71.0 Å². The number of nitrogens with two attached hydrogens (primary N) is 1. The maximum absolute atomic E-state index is 9.25. The number of phenols is 1.